The first-order valence-corrected chi connectivity index (χ1v) is 8.34. The molecule has 0 saturated heterocycles. The molecule has 8 heteroatoms. The Balaban J connectivity index is 2.06. The third-order valence-electron chi connectivity index (χ3n) is 3.11. The first-order chi connectivity index (χ1) is 11.5. The lowest BCUT2D eigenvalue weighted by molar-refractivity contribution is 0.153. The standard InChI is InChI=1S/C16H19FN4OP2/c1-19-13-7-2-10(8-14(13)23)15(18)21-9-20-11-3-5-12(6-4-11)22-16(17)24/h2-9,16,19H,23-24H2,1H3,(H2,18,20,21). The second-order valence-corrected chi connectivity index (χ2v) is 5.92. The van der Waals surface area contributed by atoms with Crippen molar-refractivity contribution in [1.29, 1.82) is 0 Å². The average molecular weight is 364 g/mol. The number of nitrogens with two attached hydrogens (primary N) is 1. The lowest BCUT2D eigenvalue weighted by Crippen LogP contribution is -2.15. The summed E-state index contributed by atoms with van der Waals surface area (Å²) in [5.41, 5.74) is 8.44. The number of halogens is 1. The van der Waals surface area contributed by atoms with Gasteiger partial charge >= 0.3 is 0 Å². The van der Waals surface area contributed by atoms with Crippen LogP contribution in [0.4, 0.5) is 15.8 Å². The Morgan fingerprint density at radius 3 is 2.58 bits per heavy atom. The molecule has 0 aliphatic rings. The van der Waals surface area contributed by atoms with E-state index in [2.05, 4.69) is 24.5 Å². The van der Waals surface area contributed by atoms with Crippen molar-refractivity contribution in [2.24, 2.45) is 15.7 Å². The molecule has 0 bridgehead atoms. The van der Waals surface area contributed by atoms with Gasteiger partial charge in [0.25, 0.3) is 0 Å². The molecule has 0 radical (unpaired) electrons. The van der Waals surface area contributed by atoms with E-state index >= 15 is 0 Å². The summed E-state index contributed by atoms with van der Waals surface area (Å²) in [4.78, 5) is 8.32. The maximum Gasteiger partial charge on any atom is 0.249 e. The van der Waals surface area contributed by atoms with Gasteiger partial charge in [-0.3, -0.25) is 0 Å². The Hall–Kier alpha value is -2.03. The van der Waals surface area contributed by atoms with Gasteiger partial charge < -0.3 is 15.8 Å². The van der Waals surface area contributed by atoms with Crippen LogP contribution in [0.3, 0.4) is 0 Å². The Morgan fingerprint density at radius 1 is 1.29 bits per heavy atom. The number of hydrogen-bond donors (Lipinski definition) is 2. The van der Waals surface area contributed by atoms with Crippen LogP contribution in [0.2, 0.25) is 0 Å². The van der Waals surface area contributed by atoms with E-state index in [-0.39, 0.29) is 0 Å². The molecule has 3 unspecified atom stereocenters. The molecule has 0 heterocycles. The number of benzene rings is 2. The number of alkyl halides is 1. The van der Waals surface area contributed by atoms with Crippen molar-refractivity contribution in [3.05, 3.63) is 48.0 Å². The average Bonchev–Trinajstić information content (AvgIpc) is 2.55. The number of nitrogens with zero attached hydrogens (tertiary/aromatic N) is 2. The van der Waals surface area contributed by atoms with E-state index in [4.69, 9.17) is 10.5 Å². The fourth-order valence-corrected chi connectivity index (χ4v) is 2.50. The molecule has 126 valence electrons. The van der Waals surface area contributed by atoms with Crippen LogP contribution in [-0.2, 0) is 0 Å². The summed E-state index contributed by atoms with van der Waals surface area (Å²) >= 11 is 0. The number of amidine groups is 1. The number of anilines is 1. The molecule has 0 aromatic heterocycles. The lowest BCUT2D eigenvalue weighted by Gasteiger charge is -2.07. The fourth-order valence-electron chi connectivity index (χ4n) is 1.92. The van der Waals surface area contributed by atoms with Crippen LogP contribution in [-0.4, -0.2) is 25.3 Å². The Bertz CT molecular complexity index is 748. The quantitative estimate of drug-likeness (QED) is 0.470. The third kappa shape index (κ3) is 5.26. The Kier molecular flexibility index (Phi) is 6.65. The predicted molar refractivity (Wildman–Crippen MR) is 106 cm³/mol. The topological polar surface area (TPSA) is 72.0 Å². The summed E-state index contributed by atoms with van der Waals surface area (Å²) in [6.45, 7) is 0. The molecule has 0 fully saturated rings. The van der Waals surface area contributed by atoms with E-state index in [0.29, 0.717) is 17.3 Å². The van der Waals surface area contributed by atoms with Gasteiger partial charge in [0.05, 0.1) is 5.69 Å². The molecule has 3 N–H and O–H groups in total. The molecule has 0 saturated carbocycles. The fraction of sp³-hybridized carbons (Fsp3) is 0.125. The van der Waals surface area contributed by atoms with E-state index in [1.807, 2.05) is 34.5 Å². The maximum absolute atomic E-state index is 12.7. The summed E-state index contributed by atoms with van der Waals surface area (Å²) < 4.78 is 17.6. The first-order valence-electron chi connectivity index (χ1n) is 7.09. The molecule has 24 heavy (non-hydrogen) atoms. The maximum atomic E-state index is 12.7. The number of hydrogen-bond acceptors (Lipinski definition) is 3. The van der Waals surface area contributed by atoms with E-state index in [0.717, 1.165) is 16.6 Å². The van der Waals surface area contributed by atoms with Crippen molar-refractivity contribution >= 4 is 47.3 Å². The molecule has 0 aliphatic carbocycles. The van der Waals surface area contributed by atoms with Crippen molar-refractivity contribution < 1.29 is 9.13 Å². The summed E-state index contributed by atoms with van der Waals surface area (Å²) in [7, 11) is 6.43. The highest BCUT2D eigenvalue weighted by molar-refractivity contribution is 7.28. The minimum Gasteiger partial charge on any atom is -0.457 e. The zero-order chi connectivity index (χ0) is 17.5. The SMILES string of the molecule is CNc1ccc(C(N)=NC=Nc2ccc(OC(F)P)cc2)cc1P. The van der Waals surface area contributed by atoms with Crippen molar-refractivity contribution in [1.82, 2.24) is 0 Å². The summed E-state index contributed by atoms with van der Waals surface area (Å²) in [5, 5.41) is 4.08. The third-order valence-corrected chi connectivity index (χ3v) is 3.72. The van der Waals surface area contributed by atoms with E-state index in [1.165, 1.54) is 6.34 Å². The number of ether oxygens (including phenoxy) is 1. The van der Waals surface area contributed by atoms with Crippen LogP contribution >= 0.6 is 18.5 Å². The minimum atomic E-state index is -1.43. The first kappa shape index (κ1) is 18.3. The van der Waals surface area contributed by atoms with Crippen LogP contribution in [0.15, 0.2) is 52.4 Å². The number of nitrogens with one attached hydrogen (secondary N) is 1. The molecule has 0 spiro atoms. The van der Waals surface area contributed by atoms with Crippen molar-refractivity contribution in [3.63, 3.8) is 0 Å². The van der Waals surface area contributed by atoms with Crippen LogP contribution < -0.4 is 21.1 Å². The summed E-state index contributed by atoms with van der Waals surface area (Å²) in [5.74, 6) is 0.797. The number of aliphatic imine (C=N–C) groups is 2. The van der Waals surface area contributed by atoms with Crippen molar-refractivity contribution in [3.8, 4) is 5.75 Å². The van der Waals surface area contributed by atoms with Crippen LogP contribution in [0, 0.1) is 0 Å². The summed E-state index contributed by atoms with van der Waals surface area (Å²) in [6.07, 6.45) is -0.0486. The smallest absolute Gasteiger partial charge is 0.249 e. The molecule has 5 nitrogen and oxygen atoms in total. The van der Waals surface area contributed by atoms with Gasteiger partial charge in [-0.25, -0.2) is 9.98 Å². The highest BCUT2D eigenvalue weighted by atomic mass is 31.0. The van der Waals surface area contributed by atoms with Gasteiger partial charge in [0.1, 0.15) is 17.9 Å². The molecule has 0 amide bonds. The molecule has 2 rings (SSSR count). The van der Waals surface area contributed by atoms with Gasteiger partial charge in [0, 0.05) is 18.3 Å². The molecule has 3 atom stereocenters. The summed E-state index contributed by atoms with van der Waals surface area (Å²) in [6, 6.07) is 12.4. The normalized spacial score (nSPS) is 13.1. The predicted octanol–water partition coefficient (Wildman–Crippen LogP) is 2.80. The molecular formula is C16H19FN4OP2. The number of rotatable bonds is 6. The van der Waals surface area contributed by atoms with Gasteiger partial charge in [-0.05, 0) is 47.8 Å². The van der Waals surface area contributed by atoms with Gasteiger partial charge in [-0.1, -0.05) is 9.24 Å². The van der Waals surface area contributed by atoms with Crippen LogP contribution in [0.25, 0.3) is 0 Å². The van der Waals surface area contributed by atoms with Crippen molar-refractivity contribution in [2.45, 2.75) is 6.10 Å². The monoisotopic (exact) mass is 364 g/mol. The van der Waals surface area contributed by atoms with E-state index < -0.39 is 6.10 Å². The largest absolute Gasteiger partial charge is 0.457 e. The van der Waals surface area contributed by atoms with Gasteiger partial charge in [-0.2, -0.15) is 4.39 Å². The second-order valence-electron chi connectivity index (χ2n) is 4.77. The van der Waals surface area contributed by atoms with Gasteiger partial charge in [-0.15, -0.1) is 9.24 Å². The van der Waals surface area contributed by atoms with Crippen molar-refractivity contribution in [2.75, 3.05) is 12.4 Å². The molecule has 0 aliphatic heterocycles. The second kappa shape index (κ2) is 8.72. The zero-order valence-electron chi connectivity index (χ0n) is 13.1. The van der Waals surface area contributed by atoms with Crippen LogP contribution in [0.5, 0.6) is 5.75 Å². The highest BCUT2D eigenvalue weighted by Gasteiger charge is 2.02. The van der Waals surface area contributed by atoms with E-state index in [1.54, 1.807) is 24.3 Å². The lowest BCUT2D eigenvalue weighted by atomic mass is 10.2. The molecule has 2 aromatic rings. The van der Waals surface area contributed by atoms with E-state index in [9.17, 15) is 4.39 Å². The Morgan fingerprint density at radius 2 is 2.00 bits per heavy atom. The highest BCUT2D eigenvalue weighted by Crippen LogP contribution is 2.20. The minimum absolute atomic E-state index is 0.369. The van der Waals surface area contributed by atoms with Gasteiger partial charge in [0.15, 0.2) is 0 Å². The van der Waals surface area contributed by atoms with Gasteiger partial charge in [0.2, 0.25) is 6.10 Å². The molecular weight excluding hydrogens is 345 g/mol. The zero-order valence-corrected chi connectivity index (χ0v) is 15.4. The van der Waals surface area contributed by atoms with Crippen LogP contribution in [0.1, 0.15) is 5.56 Å². The Labute approximate surface area is 145 Å². The molecule has 2 aromatic carbocycles.